The van der Waals surface area contributed by atoms with Gasteiger partial charge in [0.2, 0.25) is 0 Å². The van der Waals surface area contributed by atoms with Crippen LogP contribution < -0.4 is 10.1 Å². The van der Waals surface area contributed by atoms with E-state index in [1.165, 1.54) is 6.08 Å². The van der Waals surface area contributed by atoms with Crippen molar-refractivity contribution < 1.29 is 39.9 Å². The van der Waals surface area contributed by atoms with E-state index in [0.29, 0.717) is 30.9 Å². The van der Waals surface area contributed by atoms with Gasteiger partial charge in [0.05, 0.1) is 5.41 Å². The number of allylic oxidation sites excluding steroid dienone is 2. The number of benzene rings is 2. The monoisotopic (exact) mass is 582 g/mol. The third-order valence-electron chi connectivity index (χ3n) is 9.44. The summed E-state index contributed by atoms with van der Waals surface area (Å²) in [5.41, 5.74) is -4.56. The second kappa shape index (κ2) is 9.68. The Morgan fingerprint density at radius 1 is 0.927 bits per heavy atom. The molecular weight excluding hydrogens is 556 g/mol. The lowest BCUT2D eigenvalue weighted by Crippen LogP contribution is -2.58. The molecule has 3 nitrogen and oxygen atoms in total. The van der Waals surface area contributed by atoms with Crippen molar-refractivity contribution in [2.75, 3.05) is 6.54 Å². The molecular formula is C30H26F8N2O. The van der Waals surface area contributed by atoms with Crippen molar-refractivity contribution in [3.8, 4) is 5.75 Å². The van der Waals surface area contributed by atoms with E-state index < -0.39 is 75.2 Å². The van der Waals surface area contributed by atoms with Gasteiger partial charge in [-0.2, -0.15) is 8.78 Å². The number of fused-ring (bicyclic) bond motifs is 1. The fraction of sp³-hybridized carbons (Fsp3) is 0.433. The lowest BCUT2D eigenvalue weighted by Gasteiger charge is -2.53. The van der Waals surface area contributed by atoms with Gasteiger partial charge in [0.25, 0.3) is 0 Å². The summed E-state index contributed by atoms with van der Waals surface area (Å²) in [4.78, 5) is 4.65. The summed E-state index contributed by atoms with van der Waals surface area (Å²) >= 11 is 0. The SMILES string of the molecule is C=CC1CCC([C@@]23C=NC(NC2)C2C=C(F)C3(c3cc(F)c(C(F)(F)Oc4cc(F)c(F)c(F)c4)c(F)c3)C2)CC1. The molecule has 41 heavy (non-hydrogen) atoms. The van der Waals surface area contributed by atoms with Crippen molar-refractivity contribution in [1.82, 2.24) is 5.32 Å². The van der Waals surface area contributed by atoms with E-state index in [1.54, 1.807) is 6.21 Å². The van der Waals surface area contributed by atoms with E-state index in [-0.39, 0.29) is 36.6 Å². The van der Waals surface area contributed by atoms with E-state index in [9.17, 15) is 13.2 Å². The smallest absolute Gasteiger partial charge is 0.429 e. The number of hydrogen-bond donors (Lipinski definition) is 1. The molecule has 1 N–H and O–H groups in total. The predicted molar refractivity (Wildman–Crippen MR) is 135 cm³/mol. The van der Waals surface area contributed by atoms with Crippen LogP contribution in [0.3, 0.4) is 0 Å². The second-order valence-corrected chi connectivity index (χ2v) is 11.4. The summed E-state index contributed by atoms with van der Waals surface area (Å²) in [6, 6.07) is 1.63. The second-order valence-electron chi connectivity index (χ2n) is 11.4. The maximum atomic E-state index is 16.2. The largest absolute Gasteiger partial charge is 0.432 e. The van der Waals surface area contributed by atoms with Gasteiger partial charge in [-0.25, -0.2) is 26.3 Å². The van der Waals surface area contributed by atoms with Crippen LogP contribution in [0, 0.1) is 52.3 Å². The topological polar surface area (TPSA) is 33.6 Å². The fourth-order valence-corrected chi connectivity index (χ4v) is 7.44. The van der Waals surface area contributed by atoms with Gasteiger partial charge in [0.1, 0.15) is 34.9 Å². The molecule has 3 unspecified atom stereocenters. The maximum absolute atomic E-state index is 16.2. The summed E-state index contributed by atoms with van der Waals surface area (Å²) < 4.78 is 122. The molecule has 11 heteroatoms. The third kappa shape index (κ3) is 4.13. The molecule has 3 heterocycles. The molecule has 0 spiro atoms. The molecule has 7 rings (SSSR count). The predicted octanol–water partition coefficient (Wildman–Crippen LogP) is 7.61. The van der Waals surface area contributed by atoms with Crippen LogP contribution in [-0.4, -0.2) is 18.9 Å². The molecule has 1 saturated heterocycles. The number of nitrogens with zero attached hydrogens (tertiary/aromatic N) is 1. The average Bonchev–Trinajstić information content (AvgIpc) is 3.14. The molecule has 4 bridgehead atoms. The Balaban J connectivity index is 1.43. The molecule has 0 aromatic heterocycles. The average molecular weight is 583 g/mol. The minimum absolute atomic E-state index is 0.120. The number of halogens is 8. The highest BCUT2D eigenvalue weighted by Crippen LogP contribution is 2.63. The first-order chi connectivity index (χ1) is 19.4. The Morgan fingerprint density at radius 3 is 2.12 bits per heavy atom. The van der Waals surface area contributed by atoms with Crippen LogP contribution in [-0.2, 0) is 11.5 Å². The molecule has 1 saturated carbocycles. The molecule has 2 aromatic carbocycles. The van der Waals surface area contributed by atoms with E-state index >= 15 is 22.0 Å². The summed E-state index contributed by atoms with van der Waals surface area (Å²) in [6.07, 6.45) is 2.93. The van der Waals surface area contributed by atoms with Crippen molar-refractivity contribution in [2.45, 2.75) is 49.8 Å². The van der Waals surface area contributed by atoms with Gasteiger partial charge in [-0.1, -0.05) is 6.08 Å². The number of alkyl halides is 2. The summed E-state index contributed by atoms with van der Waals surface area (Å²) in [7, 11) is 0. The van der Waals surface area contributed by atoms with Crippen LogP contribution in [0.5, 0.6) is 5.75 Å². The molecule has 2 fully saturated rings. The highest BCUT2D eigenvalue weighted by atomic mass is 19.3. The van der Waals surface area contributed by atoms with Crippen LogP contribution >= 0.6 is 0 Å². The zero-order chi connectivity index (χ0) is 29.3. The Hall–Kier alpha value is -3.21. The van der Waals surface area contributed by atoms with Crippen molar-refractivity contribution in [3.05, 3.63) is 89.0 Å². The van der Waals surface area contributed by atoms with E-state index in [2.05, 4.69) is 21.6 Å². The first-order valence-corrected chi connectivity index (χ1v) is 13.4. The normalized spacial score (nSPS) is 32.5. The third-order valence-corrected chi connectivity index (χ3v) is 9.44. The Bertz CT molecular complexity index is 1420. The zero-order valence-electron chi connectivity index (χ0n) is 21.7. The molecule has 4 atom stereocenters. The highest BCUT2D eigenvalue weighted by molar-refractivity contribution is 5.75. The van der Waals surface area contributed by atoms with Crippen molar-refractivity contribution in [1.29, 1.82) is 0 Å². The molecule has 218 valence electrons. The van der Waals surface area contributed by atoms with Crippen LogP contribution in [0.15, 0.2) is 53.8 Å². The maximum Gasteiger partial charge on any atom is 0.432 e. The van der Waals surface area contributed by atoms with Crippen molar-refractivity contribution in [3.63, 3.8) is 0 Å². The van der Waals surface area contributed by atoms with Gasteiger partial charge in [-0.15, -0.1) is 6.58 Å². The molecule has 5 aliphatic rings. The molecule has 2 aromatic rings. The minimum atomic E-state index is -4.75. The van der Waals surface area contributed by atoms with Gasteiger partial charge in [-0.05, 0) is 67.7 Å². The molecule has 2 aliphatic carbocycles. The number of nitrogens with one attached hydrogen (secondary N) is 1. The summed E-state index contributed by atoms with van der Waals surface area (Å²) in [6.45, 7) is 4.15. The van der Waals surface area contributed by atoms with Crippen LogP contribution in [0.25, 0.3) is 0 Å². The number of rotatable bonds is 6. The lowest BCUT2D eigenvalue weighted by atomic mass is 9.51. The van der Waals surface area contributed by atoms with Crippen molar-refractivity contribution >= 4 is 6.21 Å². The van der Waals surface area contributed by atoms with Gasteiger partial charge in [0, 0.05) is 36.2 Å². The molecule has 0 radical (unpaired) electrons. The van der Waals surface area contributed by atoms with E-state index in [1.807, 2.05) is 6.08 Å². The highest BCUT2D eigenvalue weighted by Gasteiger charge is 2.65. The standard InChI is InChI=1S/C30H26F8N2O/c1-2-15-3-5-17(6-4-15)28-13-39-27(40-14-28)16-7-24(35)29(28,12-16)18-8-20(31)25(21(32)9-18)30(37,38)41-19-10-22(33)26(36)23(34)11-19/h2,7-11,13,15-17,27,40H,1,3-6,12,14H2/t15?,16?,17?,27?,28-,29?/m1/s1. The van der Waals surface area contributed by atoms with E-state index in [4.69, 9.17) is 0 Å². The molecule has 3 aliphatic heterocycles. The molecule has 0 amide bonds. The van der Waals surface area contributed by atoms with Crippen molar-refractivity contribution in [2.24, 2.45) is 28.2 Å². The van der Waals surface area contributed by atoms with Gasteiger partial charge >= 0.3 is 6.11 Å². The number of hydrogen-bond acceptors (Lipinski definition) is 3. The van der Waals surface area contributed by atoms with Crippen LogP contribution in [0.1, 0.15) is 43.2 Å². The van der Waals surface area contributed by atoms with Crippen LogP contribution in [0.2, 0.25) is 0 Å². The summed E-state index contributed by atoms with van der Waals surface area (Å²) in [5, 5.41) is 3.35. The lowest BCUT2D eigenvalue weighted by molar-refractivity contribution is -0.189. The number of aliphatic imine (C=N–C) groups is 1. The number of ether oxygens (including phenoxy) is 1. The Kier molecular flexibility index (Phi) is 6.59. The van der Waals surface area contributed by atoms with E-state index in [0.717, 1.165) is 12.8 Å². The van der Waals surface area contributed by atoms with Gasteiger partial charge < -0.3 is 4.74 Å². The Labute approximate surface area is 231 Å². The van der Waals surface area contributed by atoms with Gasteiger partial charge in [-0.3, -0.25) is 10.3 Å². The zero-order valence-corrected chi connectivity index (χ0v) is 21.7. The Morgan fingerprint density at radius 2 is 1.56 bits per heavy atom. The first kappa shape index (κ1) is 27.9. The van der Waals surface area contributed by atoms with Gasteiger partial charge in [0.15, 0.2) is 17.5 Å². The fourth-order valence-electron chi connectivity index (χ4n) is 7.44. The first-order valence-electron chi connectivity index (χ1n) is 13.4. The minimum Gasteiger partial charge on any atom is -0.429 e. The quantitative estimate of drug-likeness (QED) is 0.216. The summed E-state index contributed by atoms with van der Waals surface area (Å²) in [5.74, 6) is -11.0. The van der Waals surface area contributed by atoms with Crippen LogP contribution in [0.4, 0.5) is 35.1 Å².